The summed E-state index contributed by atoms with van der Waals surface area (Å²) in [5.41, 5.74) is 1.01. The summed E-state index contributed by atoms with van der Waals surface area (Å²) in [6.45, 7) is 0. The number of benzene rings is 2. The number of rotatable bonds is 4. The molecule has 19 heavy (non-hydrogen) atoms. The molecular weight excluding hydrogens is 326 g/mol. The Morgan fingerprint density at radius 1 is 1.16 bits per heavy atom. The lowest BCUT2D eigenvalue weighted by Gasteiger charge is -2.18. The maximum Gasteiger partial charge on any atom is 0.149 e. The largest absolute Gasteiger partial charge is 0.312 e. The van der Waals surface area contributed by atoms with Crippen LogP contribution in [0.1, 0.15) is 11.6 Å². The van der Waals surface area contributed by atoms with Gasteiger partial charge >= 0.3 is 0 Å². The van der Waals surface area contributed by atoms with Crippen LogP contribution in [0.5, 0.6) is 0 Å². The SMILES string of the molecule is CNC(CS(C)(=O)=O)c1ccc(Br)c2ccccc12. The highest BCUT2D eigenvalue weighted by atomic mass is 79.9. The van der Waals surface area contributed by atoms with Crippen LogP contribution in [0.15, 0.2) is 40.9 Å². The van der Waals surface area contributed by atoms with Crippen LogP contribution >= 0.6 is 15.9 Å². The Balaban J connectivity index is 2.58. The van der Waals surface area contributed by atoms with Crippen molar-refractivity contribution < 1.29 is 8.42 Å². The van der Waals surface area contributed by atoms with Gasteiger partial charge in [0.1, 0.15) is 9.84 Å². The number of nitrogens with one attached hydrogen (secondary N) is 1. The molecule has 0 aliphatic rings. The molecule has 1 atom stereocenters. The Morgan fingerprint density at radius 3 is 2.37 bits per heavy atom. The predicted octanol–water partition coefficient (Wildman–Crippen LogP) is 2.91. The van der Waals surface area contributed by atoms with E-state index >= 15 is 0 Å². The van der Waals surface area contributed by atoms with Crippen molar-refractivity contribution in [2.45, 2.75) is 6.04 Å². The van der Waals surface area contributed by atoms with Crippen molar-refractivity contribution in [2.24, 2.45) is 0 Å². The molecule has 2 aromatic rings. The second kappa shape index (κ2) is 5.61. The highest BCUT2D eigenvalue weighted by Gasteiger charge is 2.18. The van der Waals surface area contributed by atoms with E-state index in [4.69, 9.17) is 0 Å². The van der Waals surface area contributed by atoms with Crippen LogP contribution in [-0.4, -0.2) is 27.5 Å². The molecule has 2 aromatic carbocycles. The molecule has 0 radical (unpaired) electrons. The second-order valence-corrected chi connectivity index (χ2v) is 7.66. The average Bonchev–Trinajstić information content (AvgIpc) is 2.36. The molecule has 3 nitrogen and oxygen atoms in total. The lowest BCUT2D eigenvalue weighted by molar-refractivity contribution is 0.580. The van der Waals surface area contributed by atoms with E-state index in [-0.39, 0.29) is 11.8 Å². The zero-order chi connectivity index (χ0) is 14.0. The number of hydrogen-bond acceptors (Lipinski definition) is 3. The Labute approximate surface area is 122 Å². The first-order chi connectivity index (χ1) is 8.92. The fourth-order valence-corrected chi connectivity index (χ4v) is 3.65. The number of hydrogen-bond donors (Lipinski definition) is 1. The second-order valence-electron chi connectivity index (χ2n) is 4.62. The van der Waals surface area contributed by atoms with Crippen molar-refractivity contribution in [1.82, 2.24) is 5.32 Å². The predicted molar refractivity (Wildman–Crippen MR) is 83.2 cm³/mol. The molecule has 1 N–H and O–H groups in total. The first kappa shape index (κ1) is 14.5. The summed E-state index contributed by atoms with van der Waals surface area (Å²) in [4.78, 5) is 0. The summed E-state index contributed by atoms with van der Waals surface area (Å²) in [6, 6.07) is 11.7. The zero-order valence-electron chi connectivity index (χ0n) is 10.9. The number of sulfone groups is 1. The average molecular weight is 342 g/mol. The van der Waals surface area contributed by atoms with E-state index in [0.29, 0.717) is 0 Å². The minimum absolute atomic E-state index is 0.0924. The Bertz CT molecular complexity index is 698. The van der Waals surface area contributed by atoms with Gasteiger partial charge in [-0.3, -0.25) is 0 Å². The van der Waals surface area contributed by atoms with E-state index in [9.17, 15) is 8.42 Å². The lowest BCUT2D eigenvalue weighted by Crippen LogP contribution is -2.24. The smallest absolute Gasteiger partial charge is 0.149 e. The third kappa shape index (κ3) is 3.35. The molecule has 0 heterocycles. The summed E-state index contributed by atoms with van der Waals surface area (Å²) in [5.74, 6) is 0.0924. The van der Waals surface area contributed by atoms with Gasteiger partial charge in [-0.25, -0.2) is 8.42 Å². The summed E-state index contributed by atoms with van der Waals surface area (Å²) >= 11 is 3.52. The molecule has 2 rings (SSSR count). The minimum Gasteiger partial charge on any atom is -0.312 e. The molecular formula is C14H16BrNO2S. The van der Waals surface area contributed by atoms with Crippen LogP contribution in [0.25, 0.3) is 10.8 Å². The van der Waals surface area contributed by atoms with Gasteiger partial charge in [-0.1, -0.05) is 46.3 Å². The monoisotopic (exact) mass is 341 g/mol. The molecule has 5 heteroatoms. The van der Waals surface area contributed by atoms with E-state index in [0.717, 1.165) is 20.8 Å². The zero-order valence-corrected chi connectivity index (χ0v) is 13.3. The Morgan fingerprint density at radius 2 is 1.79 bits per heavy atom. The fourth-order valence-electron chi connectivity index (χ4n) is 2.22. The van der Waals surface area contributed by atoms with Crippen LogP contribution in [0.3, 0.4) is 0 Å². The van der Waals surface area contributed by atoms with Crippen molar-refractivity contribution in [2.75, 3.05) is 19.1 Å². The molecule has 0 aromatic heterocycles. The van der Waals surface area contributed by atoms with Crippen molar-refractivity contribution in [3.05, 3.63) is 46.4 Å². The molecule has 0 saturated carbocycles. The summed E-state index contributed by atoms with van der Waals surface area (Å²) in [6.07, 6.45) is 1.26. The van der Waals surface area contributed by atoms with Gasteiger partial charge in [0.15, 0.2) is 0 Å². The van der Waals surface area contributed by atoms with E-state index in [1.165, 1.54) is 6.26 Å². The number of halogens is 1. The topological polar surface area (TPSA) is 46.2 Å². The van der Waals surface area contributed by atoms with Crippen LogP contribution < -0.4 is 5.32 Å². The molecule has 0 aliphatic heterocycles. The van der Waals surface area contributed by atoms with Crippen molar-refractivity contribution in [1.29, 1.82) is 0 Å². The number of fused-ring (bicyclic) bond motifs is 1. The quantitative estimate of drug-likeness (QED) is 0.929. The van der Waals surface area contributed by atoms with Crippen molar-refractivity contribution in [3.8, 4) is 0 Å². The van der Waals surface area contributed by atoms with E-state index in [1.807, 2.05) is 36.4 Å². The lowest BCUT2D eigenvalue weighted by atomic mass is 10.00. The first-order valence-electron chi connectivity index (χ1n) is 5.94. The van der Waals surface area contributed by atoms with Gasteiger partial charge < -0.3 is 5.32 Å². The highest BCUT2D eigenvalue weighted by molar-refractivity contribution is 9.10. The molecule has 1 unspecified atom stereocenters. The van der Waals surface area contributed by atoms with E-state index in [2.05, 4.69) is 21.2 Å². The first-order valence-corrected chi connectivity index (χ1v) is 8.80. The minimum atomic E-state index is -3.04. The van der Waals surface area contributed by atoms with Crippen molar-refractivity contribution >= 4 is 36.5 Å². The third-order valence-electron chi connectivity index (χ3n) is 3.10. The van der Waals surface area contributed by atoms with Crippen LogP contribution in [-0.2, 0) is 9.84 Å². The van der Waals surface area contributed by atoms with Crippen molar-refractivity contribution in [3.63, 3.8) is 0 Å². The molecule has 0 fully saturated rings. The van der Waals surface area contributed by atoms with Crippen LogP contribution in [0.4, 0.5) is 0 Å². The Kier molecular flexibility index (Phi) is 4.28. The van der Waals surface area contributed by atoms with Gasteiger partial charge in [-0.05, 0) is 29.4 Å². The third-order valence-corrected chi connectivity index (χ3v) is 4.73. The fraction of sp³-hybridized carbons (Fsp3) is 0.286. The molecule has 0 aliphatic carbocycles. The summed E-state index contributed by atoms with van der Waals surface area (Å²) < 4.78 is 24.1. The normalized spacial score (nSPS) is 13.6. The standard InChI is InChI=1S/C14H16BrNO2S/c1-16-14(9-19(2,17)18)12-7-8-13(15)11-6-4-3-5-10(11)12/h3-8,14,16H,9H2,1-2H3. The van der Waals surface area contributed by atoms with Gasteiger partial charge in [0.25, 0.3) is 0 Å². The van der Waals surface area contributed by atoms with Gasteiger partial charge in [-0.15, -0.1) is 0 Å². The maximum atomic E-state index is 11.5. The van der Waals surface area contributed by atoms with E-state index < -0.39 is 9.84 Å². The molecule has 0 spiro atoms. The molecule has 0 bridgehead atoms. The maximum absolute atomic E-state index is 11.5. The van der Waals surface area contributed by atoms with Gasteiger partial charge in [0, 0.05) is 16.8 Å². The summed E-state index contributed by atoms with van der Waals surface area (Å²) in [7, 11) is -1.25. The Hall–Kier alpha value is -0.910. The van der Waals surface area contributed by atoms with E-state index in [1.54, 1.807) is 7.05 Å². The summed E-state index contributed by atoms with van der Waals surface area (Å²) in [5, 5.41) is 5.25. The molecule has 102 valence electrons. The van der Waals surface area contributed by atoms with Gasteiger partial charge in [0.05, 0.1) is 5.75 Å². The molecule has 0 amide bonds. The van der Waals surface area contributed by atoms with Crippen LogP contribution in [0.2, 0.25) is 0 Å². The van der Waals surface area contributed by atoms with Crippen LogP contribution in [0, 0.1) is 0 Å². The molecule has 0 saturated heterocycles. The highest BCUT2D eigenvalue weighted by Crippen LogP contribution is 2.30. The van der Waals surface area contributed by atoms with Gasteiger partial charge in [0.2, 0.25) is 0 Å². The van der Waals surface area contributed by atoms with Gasteiger partial charge in [-0.2, -0.15) is 0 Å².